The Hall–Kier alpha value is -1.47. The van der Waals surface area contributed by atoms with Crippen LogP contribution in [-0.2, 0) is 11.3 Å². The Morgan fingerprint density at radius 2 is 2.19 bits per heavy atom. The van der Waals surface area contributed by atoms with Crippen molar-refractivity contribution in [2.75, 3.05) is 6.54 Å². The van der Waals surface area contributed by atoms with Crippen LogP contribution >= 0.6 is 11.3 Å². The zero-order valence-electron chi connectivity index (χ0n) is 12.3. The zero-order valence-corrected chi connectivity index (χ0v) is 13.1. The maximum absolute atomic E-state index is 11.9. The molecule has 6 nitrogen and oxygen atoms in total. The first-order valence-corrected chi connectivity index (χ1v) is 8.09. The second-order valence-electron chi connectivity index (χ2n) is 4.96. The van der Waals surface area contributed by atoms with Crippen molar-refractivity contribution in [3.63, 3.8) is 0 Å². The number of hydrogen-bond acceptors (Lipinski definition) is 5. The second kappa shape index (κ2) is 9.46. The van der Waals surface area contributed by atoms with Crippen molar-refractivity contribution in [3.8, 4) is 0 Å². The average molecular weight is 313 g/mol. The number of carboxylic acids is 1. The fourth-order valence-electron chi connectivity index (χ4n) is 2.16. The summed E-state index contributed by atoms with van der Waals surface area (Å²) in [4.78, 5) is 26.6. The largest absolute Gasteiger partial charge is 0.481 e. The van der Waals surface area contributed by atoms with Crippen LogP contribution in [-0.4, -0.2) is 28.5 Å². The number of aromatic nitrogens is 1. The topological polar surface area (TPSA) is 105 Å². The van der Waals surface area contributed by atoms with E-state index < -0.39 is 5.97 Å². The van der Waals surface area contributed by atoms with Gasteiger partial charge < -0.3 is 16.2 Å². The molecule has 0 bridgehead atoms. The van der Waals surface area contributed by atoms with Gasteiger partial charge in [0.1, 0.15) is 10.7 Å². The van der Waals surface area contributed by atoms with Gasteiger partial charge in [0, 0.05) is 24.9 Å². The fraction of sp³-hybridized carbons (Fsp3) is 0.643. The smallest absolute Gasteiger partial charge is 0.303 e. The minimum Gasteiger partial charge on any atom is -0.481 e. The quantitative estimate of drug-likeness (QED) is 0.612. The van der Waals surface area contributed by atoms with Gasteiger partial charge in [0.2, 0.25) is 0 Å². The molecule has 0 aliphatic carbocycles. The van der Waals surface area contributed by atoms with Crippen LogP contribution in [0.15, 0.2) is 5.38 Å². The maximum Gasteiger partial charge on any atom is 0.303 e. The van der Waals surface area contributed by atoms with Gasteiger partial charge in [-0.3, -0.25) is 9.59 Å². The van der Waals surface area contributed by atoms with Crippen LogP contribution in [0.5, 0.6) is 0 Å². The van der Waals surface area contributed by atoms with Crippen LogP contribution in [0.25, 0.3) is 0 Å². The summed E-state index contributed by atoms with van der Waals surface area (Å²) in [5.74, 6) is -0.627. The van der Waals surface area contributed by atoms with Crippen LogP contribution in [0.1, 0.15) is 54.5 Å². The van der Waals surface area contributed by atoms with Gasteiger partial charge in [-0.15, -0.1) is 11.3 Å². The van der Waals surface area contributed by atoms with Crippen molar-refractivity contribution >= 4 is 23.2 Å². The van der Waals surface area contributed by atoms with Crippen molar-refractivity contribution in [3.05, 3.63) is 16.1 Å². The van der Waals surface area contributed by atoms with Crippen LogP contribution < -0.4 is 11.1 Å². The van der Waals surface area contributed by atoms with Crippen LogP contribution in [0, 0.1) is 5.92 Å². The molecule has 0 spiro atoms. The number of carbonyl (C=O) groups excluding carboxylic acids is 1. The minimum absolute atomic E-state index is 0.185. The number of carboxylic acid groups (broad SMARTS) is 1. The summed E-state index contributed by atoms with van der Waals surface area (Å²) in [6, 6.07) is 0. The van der Waals surface area contributed by atoms with E-state index in [4.69, 9.17) is 10.8 Å². The Balaban J connectivity index is 2.34. The standard InChI is InChI=1S/C14H23N3O3S/c1-2-3-10(4-5-13(18)19)6-7-16-14(20)11-9-21-12(8-15)17-11/h9-10H,2-8,15H2,1H3,(H,16,20)(H,18,19). The lowest BCUT2D eigenvalue weighted by Gasteiger charge is -2.15. The van der Waals surface area contributed by atoms with E-state index >= 15 is 0 Å². The monoisotopic (exact) mass is 313 g/mol. The van der Waals surface area contributed by atoms with Crippen molar-refractivity contribution < 1.29 is 14.7 Å². The highest BCUT2D eigenvalue weighted by Gasteiger charge is 2.13. The molecule has 0 aromatic carbocycles. The summed E-state index contributed by atoms with van der Waals surface area (Å²) in [7, 11) is 0. The van der Waals surface area contributed by atoms with Gasteiger partial charge in [0.15, 0.2) is 0 Å². The van der Waals surface area contributed by atoms with Gasteiger partial charge in [0.25, 0.3) is 5.91 Å². The van der Waals surface area contributed by atoms with Crippen LogP contribution in [0.4, 0.5) is 0 Å². The van der Waals surface area contributed by atoms with E-state index in [-0.39, 0.29) is 12.3 Å². The molecule has 0 aliphatic rings. The molecule has 1 rings (SSSR count). The molecule has 118 valence electrons. The summed E-state index contributed by atoms with van der Waals surface area (Å²) in [6.45, 7) is 2.96. The summed E-state index contributed by atoms with van der Waals surface area (Å²) in [5, 5.41) is 14.0. The van der Waals surface area contributed by atoms with Gasteiger partial charge in [-0.05, 0) is 18.8 Å². The number of nitrogens with zero attached hydrogens (tertiary/aromatic N) is 1. The van der Waals surface area contributed by atoms with E-state index in [0.717, 1.165) is 24.3 Å². The summed E-state index contributed by atoms with van der Waals surface area (Å²) >= 11 is 1.37. The zero-order chi connectivity index (χ0) is 15.7. The normalized spacial score (nSPS) is 12.1. The van der Waals surface area contributed by atoms with E-state index in [1.165, 1.54) is 11.3 Å². The highest BCUT2D eigenvalue weighted by molar-refractivity contribution is 7.09. The molecule has 0 fully saturated rings. The predicted molar refractivity (Wildman–Crippen MR) is 82.2 cm³/mol. The Bertz CT molecular complexity index is 462. The Morgan fingerprint density at radius 3 is 2.76 bits per heavy atom. The van der Waals surface area contributed by atoms with E-state index in [1.54, 1.807) is 5.38 Å². The summed E-state index contributed by atoms with van der Waals surface area (Å²) in [6.07, 6.45) is 3.64. The first-order chi connectivity index (χ1) is 10.1. The SMILES string of the molecule is CCCC(CCNC(=O)c1csc(CN)n1)CCC(=O)O. The summed E-state index contributed by atoms with van der Waals surface area (Å²) < 4.78 is 0. The number of nitrogens with one attached hydrogen (secondary N) is 1. The van der Waals surface area contributed by atoms with E-state index in [2.05, 4.69) is 17.2 Å². The number of amides is 1. The third-order valence-electron chi connectivity index (χ3n) is 3.26. The second-order valence-corrected chi connectivity index (χ2v) is 5.90. The Morgan fingerprint density at radius 1 is 1.43 bits per heavy atom. The lowest BCUT2D eigenvalue weighted by molar-refractivity contribution is -0.137. The first kappa shape index (κ1) is 17.6. The number of hydrogen-bond donors (Lipinski definition) is 3. The summed E-state index contributed by atoms with van der Waals surface area (Å²) in [5.41, 5.74) is 5.86. The molecule has 1 heterocycles. The van der Waals surface area contributed by atoms with Crippen molar-refractivity contribution in [2.24, 2.45) is 11.7 Å². The molecule has 0 radical (unpaired) electrons. The van der Waals surface area contributed by atoms with Crippen molar-refractivity contribution in [1.29, 1.82) is 0 Å². The molecule has 1 atom stereocenters. The number of thiazole rings is 1. The van der Waals surface area contributed by atoms with Crippen molar-refractivity contribution in [1.82, 2.24) is 10.3 Å². The molecule has 1 unspecified atom stereocenters. The molecule has 0 saturated carbocycles. The minimum atomic E-state index is -0.767. The number of aliphatic carboxylic acids is 1. The molecule has 4 N–H and O–H groups in total. The van der Waals surface area contributed by atoms with Crippen LogP contribution in [0.3, 0.4) is 0 Å². The molecular formula is C14H23N3O3S. The average Bonchev–Trinajstić information content (AvgIpc) is 2.93. The van der Waals surface area contributed by atoms with Gasteiger partial charge in [-0.1, -0.05) is 19.8 Å². The van der Waals surface area contributed by atoms with Gasteiger partial charge >= 0.3 is 5.97 Å². The van der Waals surface area contributed by atoms with Gasteiger partial charge in [0.05, 0.1) is 0 Å². The Labute approximate surface area is 128 Å². The van der Waals surface area contributed by atoms with Crippen LogP contribution in [0.2, 0.25) is 0 Å². The third kappa shape index (κ3) is 6.68. The fourth-order valence-corrected chi connectivity index (χ4v) is 2.81. The molecule has 7 heteroatoms. The maximum atomic E-state index is 11.9. The van der Waals surface area contributed by atoms with E-state index in [9.17, 15) is 9.59 Å². The van der Waals surface area contributed by atoms with Crippen molar-refractivity contribution in [2.45, 2.75) is 45.6 Å². The van der Waals surface area contributed by atoms with E-state index in [1.807, 2.05) is 0 Å². The molecule has 1 aromatic rings. The van der Waals surface area contributed by atoms with Gasteiger partial charge in [-0.25, -0.2) is 4.98 Å². The lowest BCUT2D eigenvalue weighted by atomic mass is 9.94. The Kier molecular flexibility index (Phi) is 7.92. The number of nitrogens with two attached hydrogens (primary N) is 1. The highest BCUT2D eigenvalue weighted by Crippen LogP contribution is 2.17. The molecule has 1 aromatic heterocycles. The number of carbonyl (C=O) groups is 2. The molecular weight excluding hydrogens is 290 g/mol. The first-order valence-electron chi connectivity index (χ1n) is 7.21. The predicted octanol–water partition coefficient (Wildman–Crippen LogP) is 2.00. The molecule has 21 heavy (non-hydrogen) atoms. The third-order valence-corrected chi connectivity index (χ3v) is 4.13. The van der Waals surface area contributed by atoms with E-state index in [0.29, 0.717) is 31.1 Å². The molecule has 1 amide bonds. The lowest BCUT2D eigenvalue weighted by Crippen LogP contribution is -2.26. The number of rotatable bonds is 10. The van der Waals surface area contributed by atoms with Gasteiger partial charge in [-0.2, -0.15) is 0 Å². The molecule has 0 saturated heterocycles. The highest BCUT2D eigenvalue weighted by atomic mass is 32.1. The molecule has 0 aliphatic heterocycles.